The molecule has 2 aliphatic carbocycles. The lowest BCUT2D eigenvalue weighted by Crippen LogP contribution is -2.45. The van der Waals surface area contributed by atoms with Crippen molar-refractivity contribution < 1.29 is 19.1 Å². The van der Waals surface area contributed by atoms with Crippen LogP contribution in [-0.4, -0.2) is 66.3 Å². The number of ether oxygens (including phenoxy) is 1. The van der Waals surface area contributed by atoms with Crippen LogP contribution in [0.1, 0.15) is 47.7 Å². The number of hydrogen-bond acceptors (Lipinski definition) is 6. The molecule has 2 atom stereocenters. The number of anilines is 1. The van der Waals surface area contributed by atoms with Crippen molar-refractivity contribution in [3.63, 3.8) is 0 Å². The van der Waals surface area contributed by atoms with Gasteiger partial charge in [0.1, 0.15) is 6.54 Å². The number of carbonyl (C=O) groups is 3. The van der Waals surface area contributed by atoms with Crippen LogP contribution in [0, 0.1) is 11.8 Å². The van der Waals surface area contributed by atoms with Gasteiger partial charge in [0, 0.05) is 55.0 Å². The molecule has 194 valence electrons. The second-order valence-electron chi connectivity index (χ2n) is 11.1. The second kappa shape index (κ2) is 9.49. The normalized spacial score (nSPS) is 23.5. The second-order valence-corrected chi connectivity index (χ2v) is 11.1. The van der Waals surface area contributed by atoms with Crippen molar-refractivity contribution in [2.75, 3.05) is 38.0 Å². The monoisotopic (exact) mass is 502 g/mol. The highest BCUT2D eigenvalue weighted by atomic mass is 16.6. The van der Waals surface area contributed by atoms with Gasteiger partial charge in [-0.1, -0.05) is 36.4 Å². The molecule has 0 aromatic heterocycles. The summed E-state index contributed by atoms with van der Waals surface area (Å²) in [6.45, 7) is 5.63. The van der Waals surface area contributed by atoms with E-state index in [0.717, 1.165) is 49.3 Å². The van der Waals surface area contributed by atoms with Crippen molar-refractivity contribution >= 4 is 23.5 Å². The number of ketones is 1. The van der Waals surface area contributed by atoms with Crippen molar-refractivity contribution in [2.45, 2.75) is 44.4 Å². The molecule has 2 aromatic carbocycles. The average molecular weight is 503 g/mol. The lowest BCUT2D eigenvalue weighted by Gasteiger charge is -2.31. The third-order valence-electron chi connectivity index (χ3n) is 8.34. The first-order chi connectivity index (χ1) is 17.9. The highest BCUT2D eigenvalue weighted by molar-refractivity contribution is 6.03. The van der Waals surface area contributed by atoms with E-state index < -0.39 is 11.7 Å². The Morgan fingerprint density at radius 2 is 1.97 bits per heavy atom. The van der Waals surface area contributed by atoms with E-state index >= 15 is 0 Å². The maximum absolute atomic E-state index is 13.5. The fourth-order valence-electron chi connectivity index (χ4n) is 5.80. The van der Waals surface area contributed by atoms with E-state index in [1.54, 1.807) is 0 Å². The van der Waals surface area contributed by atoms with Crippen LogP contribution in [0.15, 0.2) is 48.5 Å². The quantitative estimate of drug-likeness (QED) is 0.546. The van der Waals surface area contributed by atoms with Gasteiger partial charge in [-0.05, 0) is 43.4 Å². The van der Waals surface area contributed by atoms with Crippen LogP contribution in [0.2, 0.25) is 0 Å². The molecule has 2 aromatic rings. The fourth-order valence-corrected chi connectivity index (χ4v) is 5.80. The fraction of sp³-hybridized carbons (Fsp3) is 0.483. The first-order valence-electron chi connectivity index (χ1n) is 13.4. The number of Topliss-reactive ketones (excluding diaryl/α,β-unsaturated/α-hetero) is 1. The minimum Gasteiger partial charge on any atom is -0.435 e. The van der Waals surface area contributed by atoms with Crippen molar-refractivity contribution in [1.29, 1.82) is 0 Å². The minimum absolute atomic E-state index is 0.0296. The first kappa shape index (κ1) is 24.0. The Morgan fingerprint density at radius 3 is 2.68 bits per heavy atom. The van der Waals surface area contributed by atoms with E-state index in [0.29, 0.717) is 23.9 Å². The van der Waals surface area contributed by atoms with Crippen LogP contribution in [0.5, 0.6) is 0 Å². The van der Waals surface area contributed by atoms with Crippen LogP contribution in [-0.2, 0) is 21.7 Å². The molecule has 0 bridgehead atoms. The Morgan fingerprint density at radius 1 is 1.19 bits per heavy atom. The van der Waals surface area contributed by atoms with E-state index in [4.69, 9.17) is 4.74 Å². The van der Waals surface area contributed by atoms with Crippen LogP contribution in [0.3, 0.4) is 0 Å². The zero-order chi connectivity index (χ0) is 25.6. The van der Waals surface area contributed by atoms with Crippen LogP contribution >= 0.6 is 0 Å². The molecule has 1 saturated carbocycles. The number of hydrogen-bond donors (Lipinski definition) is 2. The van der Waals surface area contributed by atoms with E-state index in [2.05, 4.69) is 17.6 Å². The number of rotatable bonds is 9. The summed E-state index contributed by atoms with van der Waals surface area (Å²) in [6.07, 6.45) is 1.83. The van der Waals surface area contributed by atoms with Gasteiger partial charge in [0.2, 0.25) is 5.91 Å². The number of nitrogens with zero attached hydrogens (tertiary/aromatic N) is 2. The molecule has 6 rings (SSSR count). The number of carbonyl (C=O) groups excluding carboxylic acids is 3. The molecule has 2 saturated heterocycles. The minimum atomic E-state index is -1.02. The van der Waals surface area contributed by atoms with E-state index in [1.807, 2.05) is 53.4 Å². The average Bonchev–Trinajstić information content (AvgIpc) is 3.62. The number of nitrogens with one attached hydrogen (secondary N) is 2. The Bertz CT molecular complexity index is 1210. The molecule has 0 radical (unpaired) electrons. The van der Waals surface area contributed by atoms with Gasteiger partial charge in [-0.3, -0.25) is 14.5 Å². The number of fused-ring (bicyclic) bond motifs is 2. The molecular weight excluding hydrogens is 468 g/mol. The summed E-state index contributed by atoms with van der Waals surface area (Å²) in [4.78, 5) is 42.9. The highest BCUT2D eigenvalue weighted by Gasteiger charge is 2.54. The molecular formula is C29H34N4O4. The van der Waals surface area contributed by atoms with Gasteiger partial charge in [-0.25, -0.2) is 4.79 Å². The van der Waals surface area contributed by atoms with Gasteiger partial charge < -0.3 is 20.3 Å². The van der Waals surface area contributed by atoms with Crippen LogP contribution < -0.4 is 10.6 Å². The maximum Gasteiger partial charge on any atom is 0.411 e. The summed E-state index contributed by atoms with van der Waals surface area (Å²) >= 11 is 0. The van der Waals surface area contributed by atoms with Gasteiger partial charge in [0.05, 0.1) is 13.0 Å². The molecule has 2 heterocycles. The Hall–Kier alpha value is -3.39. The Balaban J connectivity index is 1.16. The molecule has 3 fully saturated rings. The van der Waals surface area contributed by atoms with Crippen molar-refractivity contribution in [3.8, 4) is 0 Å². The molecule has 4 aliphatic rings. The molecule has 2 N–H and O–H groups in total. The Labute approximate surface area is 217 Å². The predicted molar refractivity (Wildman–Crippen MR) is 139 cm³/mol. The third-order valence-corrected chi connectivity index (χ3v) is 8.34. The first-order valence-corrected chi connectivity index (χ1v) is 13.4. The predicted octanol–water partition coefficient (Wildman–Crippen LogP) is 3.38. The summed E-state index contributed by atoms with van der Waals surface area (Å²) < 4.78 is 5.87. The van der Waals surface area contributed by atoms with Crippen LogP contribution in [0.4, 0.5) is 10.5 Å². The van der Waals surface area contributed by atoms with Crippen molar-refractivity contribution in [3.05, 3.63) is 65.2 Å². The van der Waals surface area contributed by atoms with Crippen molar-refractivity contribution in [2.24, 2.45) is 11.8 Å². The number of amides is 2. The zero-order valence-electron chi connectivity index (χ0n) is 21.2. The SMILES string of the molecule is CC(C1CC1)N(Cc1ccccc1)C(=O)CN1CC2(CC(=O)c3cc(NCC4CNC4)ccc32)OC1=O. The highest BCUT2D eigenvalue weighted by Crippen LogP contribution is 2.45. The molecule has 8 heteroatoms. The molecule has 37 heavy (non-hydrogen) atoms. The smallest absolute Gasteiger partial charge is 0.411 e. The number of benzene rings is 2. The summed E-state index contributed by atoms with van der Waals surface area (Å²) in [7, 11) is 0. The standard InChI is InChI=1S/C29H34N4O4/c1-19(22-7-8-22)33(16-20-5-3-2-4-6-20)27(35)17-32-18-29(37-28(32)36)12-26(34)24-11-23(9-10-25(24)29)31-15-21-13-30-14-21/h2-6,9-11,19,21-22,30-31H,7-8,12-18H2,1H3. The third kappa shape index (κ3) is 4.70. The molecule has 1 spiro atoms. The molecule has 2 unspecified atom stereocenters. The summed E-state index contributed by atoms with van der Waals surface area (Å²) in [6, 6.07) is 15.8. The zero-order valence-corrected chi connectivity index (χ0v) is 21.2. The van der Waals surface area contributed by atoms with E-state index in [1.165, 1.54) is 4.90 Å². The van der Waals surface area contributed by atoms with Gasteiger partial charge in [0.25, 0.3) is 0 Å². The topological polar surface area (TPSA) is 91.0 Å². The van der Waals surface area contributed by atoms with Gasteiger partial charge >= 0.3 is 6.09 Å². The lowest BCUT2D eigenvalue weighted by molar-refractivity contribution is -0.134. The summed E-state index contributed by atoms with van der Waals surface area (Å²) in [5, 5.41) is 6.68. The Kier molecular flexibility index (Phi) is 6.15. The van der Waals surface area contributed by atoms with Gasteiger partial charge in [-0.15, -0.1) is 0 Å². The van der Waals surface area contributed by atoms with Gasteiger partial charge in [0.15, 0.2) is 11.4 Å². The molecule has 2 amide bonds. The molecule has 2 aliphatic heterocycles. The summed E-state index contributed by atoms with van der Waals surface area (Å²) in [5.74, 6) is 0.985. The van der Waals surface area contributed by atoms with E-state index in [9.17, 15) is 14.4 Å². The molecule has 8 nitrogen and oxygen atoms in total. The summed E-state index contributed by atoms with van der Waals surface area (Å²) in [5.41, 5.74) is 2.29. The van der Waals surface area contributed by atoms with Gasteiger partial charge in [-0.2, -0.15) is 0 Å². The van der Waals surface area contributed by atoms with E-state index in [-0.39, 0.29) is 37.2 Å². The van der Waals surface area contributed by atoms with Crippen LogP contribution in [0.25, 0.3) is 0 Å². The van der Waals surface area contributed by atoms with Crippen molar-refractivity contribution in [1.82, 2.24) is 15.1 Å². The lowest BCUT2D eigenvalue weighted by atomic mass is 9.95. The maximum atomic E-state index is 13.5. The largest absolute Gasteiger partial charge is 0.435 e.